The van der Waals surface area contributed by atoms with E-state index >= 15 is 0 Å². The van der Waals surface area contributed by atoms with Crippen molar-refractivity contribution in [3.8, 4) is 0 Å². The minimum Gasteiger partial charge on any atom is -0.397 e. The number of hydrogen-bond acceptors (Lipinski definition) is 2. The van der Waals surface area contributed by atoms with E-state index in [9.17, 15) is 4.39 Å². The van der Waals surface area contributed by atoms with E-state index in [1.54, 1.807) is 0 Å². The number of halogens is 1. The average molecular weight is 138 g/mol. The number of benzene rings is 1. The maximum absolute atomic E-state index is 12.4. The van der Waals surface area contributed by atoms with E-state index in [1.807, 2.05) is 0 Å². The van der Waals surface area contributed by atoms with E-state index in [1.165, 1.54) is 18.2 Å². The molecule has 0 saturated heterocycles. The van der Waals surface area contributed by atoms with Gasteiger partial charge in [0.1, 0.15) is 5.82 Å². The topological polar surface area (TPSA) is 38.4 Å². The van der Waals surface area contributed by atoms with Crippen LogP contribution < -0.4 is 5.73 Å². The zero-order valence-electron chi connectivity index (χ0n) is 5.34. The fourth-order valence-corrected chi connectivity index (χ4v) is 0.654. The number of rotatable bonds is 1. The van der Waals surface area contributed by atoms with Gasteiger partial charge < -0.3 is 5.73 Å². The molecule has 2 N–H and O–H groups in total. The molecule has 0 aromatic heterocycles. The van der Waals surface area contributed by atoms with Gasteiger partial charge >= 0.3 is 0 Å². The Morgan fingerprint density at radius 2 is 2.20 bits per heavy atom. The SMILES string of the molecule is C=Nc1cc(F)ccc1N. The average Bonchev–Trinajstić information content (AvgIpc) is 1.94. The Hall–Kier alpha value is -1.38. The van der Waals surface area contributed by atoms with Crippen LogP contribution in [0.15, 0.2) is 23.2 Å². The lowest BCUT2D eigenvalue weighted by molar-refractivity contribution is 0.628. The van der Waals surface area contributed by atoms with Gasteiger partial charge in [-0.1, -0.05) is 0 Å². The predicted molar refractivity (Wildman–Crippen MR) is 40.0 cm³/mol. The second-order valence-corrected chi connectivity index (χ2v) is 1.86. The van der Waals surface area contributed by atoms with Crippen LogP contribution in [0.4, 0.5) is 15.8 Å². The molecule has 3 heteroatoms. The summed E-state index contributed by atoms with van der Waals surface area (Å²) in [5, 5.41) is 0. The van der Waals surface area contributed by atoms with E-state index in [2.05, 4.69) is 11.7 Å². The molecule has 0 aliphatic carbocycles. The first-order valence-corrected chi connectivity index (χ1v) is 2.76. The van der Waals surface area contributed by atoms with Crippen molar-refractivity contribution in [2.45, 2.75) is 0 Å². The Morgan fingerprint density at radius 1 is 1.50 bits per heavy atom. The zero-order chi connectivity index (χ0) is 7.56. The second kappa shape index (κ2) is 2.47. The maximum atomic E-state index is 12.4. The Morgan fingerprint density at radius 3 is 2.70 bits per heavy atom. The van der Waals surface area contributed by atoms with Gasteiger partial charge in [0, 0.05) is 6.07 Å². The highest BCUT2D eigenvalue weighted by molar-refractivity contribution is 5.64. The highest BCUT2D eigenvalue weighted by Crippen LogP contribution is 2.21. The molecule has 0 fully saturated rings. The molecular formula is C7H7FN2. The summed E-state index contributed by atoms with van der Waals surface area (Å²) in [7, 11) is 0. The monoisotopic (exact) mass is 138 g/mol. The van der Waals surface area contributed by atoms with Gasteiger partial charge in [0.2, 0.25) is 0 Å². The summed E-state index contributed by atoms with van der Waals surface area (Å²) in [6.07, 6.45) is 0. The molecule has 0 aliphatic heterocycles. The van der Waals surface area contributed by atoms with Crippen molar-refractivity contribution in [1.82, 2.24) is 0 Å². The smallest absolute Gasteiger partial charge is 0.125 e. The van der Waals surface area contributed by atoms with Crippen molar-refractivity contribution in [2.24, 2.45) is 4.99 Å². The first kappa shape index (κ1) is 6.74. The van der Waals surface area contributed by atoms with Crippen molar-refractivity contribution in [2.75, 3.05) is 5.73 Å². The molecule has 0 spiro atoms. The lowest BCUT2D eigenvalue weighted by Gasteiger charge is -1.96. The molecule has 52 valence electrons. The molecule has 0 bridgehead atoms. The lowest BCUT2D eigenvalue weighted by atomic mass is 10.3. The first-order valence-electron chi connectivity index (χ1n) is 2.76. The number of aliphatic imine (C=N–C) groups is 1. The fourth-order valence-electron chi connectivity index (χ4n) is 0.654. The molecular weight excluding hydrogens is 131 g/mol. The molecule has 2 nitrogen and oxygen atoms in total. The second-order valence-electron chi connectivity index (χ2n) is 1.86. The van der Waals surface area contributed by atoms with Crippen molar-refractivity contribution < 1.29 is 4.39 Å². The van der Waals surface area contributed by atoms with Gasteiger partial charge in [0.15, 0.2) is 0 Å². The minimum absolute atomic E-state index is 0.350. The van der Waals surface area contributed by atoms with E-state index in [4.69, 9.17) is 5.73 Å². The number of hydrogen-bond donors (Lipinski definition) is 1. The van der Waals surface area contributed by atoms with Crippen LogP contribution in [0.3, 0.4) is 0 Å². The third-order valence-electron chi connectivity index (χ3n) is 1.16. The Kier molecular flexibility index (Phi) is 1.67. The van der Waals surface area contributed by atoms with Gasteiger partial charge in [-0.25, -0.2) is 4.39 Å². The summed E-state index contributed by atoms with van der Waals surface area (Å²) < 4.78 is 12.4. The molecule has 1 rings (SSSR count). The molecule has 0 radical (unpaired) electrons. The summed E-state index contributed by atoms with van der Waals surface area (Å²) in [6, 6.07) is 3.98. The van der Waals surface area contributed by atoms with Crippen LogP contribution in [0.5, 0.6) is 0 Å². The van der Waals surface area contributed by atoms with Gasteiger partial charge in [-0.05, 0) is 18.9 Å². The Bertz CT molecular complexity index is 258. The summed E-state index contributed by atoms with van der Waals surface area (Å²) in [6.45, 7) is 3.24. The third kappa shape index (κ3) is 1.13. The zero-order valence-corrected chi connectivity index (χ0v) is 5.34. The van der Waals surface area contributed by atoms with E-state index in [0.717, 1.165) is 0 Å². The number of nitrogens with two attached hydrogens (primary N) is 1. The highest BCUT2D eigenvalue weighted by atomic mass is 19.1. The Balaban J connectivity index is 3.21. The van der Waals surface area contributed by atoms with Crippen molar-refractivity contribution in [3.05, 3.63) is 24.0 Å². The van der Waals surface area contributed by atoms with Gasteiger partial charge in [-0.15, -0.1) is 0 Å². The van der Waals surface area contributed by atoms with Gasteiger partial charge in [-0.2, -0.15) is 0 Å². The molecule has 0 unspecified atom stereocenters. The number of anilines is 1. The van der Waals surface area contributed by atoms with Gasteiger partial charge in [0.25, 0.3) is 0 Å². The molecule has 10 heavy (non-hydrogen) atoms. The van der Waals surface area contributed by atoms with Crippen LogP contribution in [0.1, 0.15) is 0 Å². The molecule has 0 atom stereocenters. The largest absolute Gasteiger partial charge is 0.397 e. The molecule has 1 aromatic rings. The van der Waals surface area contributed by atoms with Crippen LogP contribution in [0.25, 0.3) is 0 Å². The normalized spacial score (nSPS) is 9.30. The first-order chi connectivity index (χ1) is 4.74. The summed E-state index contributed by atoms with van der Waals surface area (Å²) in [5.74, 6) is -0.350. The third-order valence-corrected chi connectivity index (χ3v) is 1.16. The lowest BCUT2D eigenvalue weighted by Crippen LogP contribution is -1.85. The van der Waals surface area contributed by atoms with Crippen LogP contribution >= 0.6 is 0 Å². The summed E-state index contributed by atoms with van der Waals surface area (Å²) in [5.41, 5.74) is 6.23. The molecule has 0 amide bonds. The van der Waals surface area contributed by atoms with Crippen LogP contribution in [0.2, 0.25) is 0 Å². The molecule has 1 aromatic carbocycles. The van der Waals surface area contributed by atoms with E-state index in [0.29, 0.717) is 11.4 Å². The van der Waals surface area contributed by atoms with Gasteiger partial charge in [-0.3, -0.25) is 4.99 Å². The van der Waals surface area contributed by atoms with E-state index in [-0.39, 0.29) is 5.82 Å². The number of nitrogen functional groups attached to an aromatic ring is 1. The molecule has 0 aliphatic rings. The Labute approximate surface area is 58.2 Å². The highest BCUT2D eigenvalue weighted by Gasteiger charge is 1.95. The van der Waals surface area contributed by atoms with Crippen molar-refractivity contribution in [1.29, 1.82) is 0 Å². The molecule has 0 heterocycles. The van der Waals surface area contributed by atoms with Gasteiger partial charge in [0.05, 0.1) is 11.4 Å². The quantitative estimate of drug-likeness (QED) is 0.466. The number of nitrogens with zero attached hydrogens (tertiary/aromatic N) is 1. The summed E-state index contributed by atoms with van der Waals surface area (Å²) >= 11 is 0. The summed E-state index contributed by atoms with van der Waals surface area (Å²) in [4.78, 5) is 3.52. The van der Waals surface area contributed by atoms with Crippen LogP contribution in [-0.2, 0) is 0 Å². The maximum Gasteiger partial charge on any atom is 0.125 e. The van der Waals surface area contributed by atoms with Crippen molar-refractivity contribution in [3.63, 3.8) is 0 Å². The molecule has 0 saturated carbocycles. The van der Waals surface area contributed by atoms with Crippen molar-refractivity contribution >= 4 is 18.1 Å². The minimum atomic E-state index is -0.350. The van der Waals surface area contributed by atoms with E-state index < -0.39 is 0 Å². The standard InChI is InChI=1S/C7H7FN2/c1-10-7-4-5(8)2-3-6(7)9/h2-4H,1,9H2. The predicted octanol–water partition coefficient (Wildman–Crippen LogP) is 1.74. The van der Waals surface area contributed by atoms with Crippen LogP contribution in [0, 0.1) is 5.82 Å². The van der Waals surface area contributed by atoms with Crippen LogP contribution in [-0.4, -0.2) is 6.72 Å². The fraction of sp³-hybridized carbons (Fsp3) is 0.